The minimum Gasteiger partial charge on any atom is -0.399 e. The molecule has 18 heavy (non-hydrogen) atoms. The van der Waals surface area contributed by atoms with Gasteiger partial charge in [-0.05, 0) is 25.1 Å². The Morgan fingerprint density at radius 3 is 2.56 bits per heavy atom. The standard InChI is InChI=1S/C12H12F2N4/c1-7-16-3-2-9(18-7)6-17-12-10(13)4-8(15)5-11(12)14/h2-5,17H,6,15H2,1H3. The predicted molar refractivity (Wildman–Crippen MR) is 64.9 cm³/mol. The van der Waals surface area contributed by atoms with Crippen molar-refractivity contribution in [3.63, 3.8) is 0 Å². The average molecular weight is 250 g/mol. The van der Waals surface area contributed by atoms with Crippen LogP contribution in [-0.2, 0) is 6.54 Å². The van der Waals surface area contributed by atoms with Crippen molar-refractivity contribution in [2.75, 3.05) is 11.1 Å². The molecule has 0 fully saturated rings. The van der Waals surface area contributed by atoms with E-state index in [0.29, 0.717) is 11.5 Å². The lowest BCUT2D eigenvalue weighted by atomic mass is 10.2. The SMILES string of the molecule is Cc1nccc(CNc2c(F)cc(N)cc2F)n1. The van der Waals surface area contributed by atoms with Crippen LogP contribution in [0, 0.1) is 18.6 Å². The third-order valence-electron chi connectivity index (χ3n) is 2.34. The molecule has 0 atom stereocenters. The first kappa shape index (κ1) is 12.2. The van der Waals surface area contributed by atoms with E-state index in [9.17, 15) is 8.78 Å². The second-order valence-corrected chi connectivity index (χ2v) is 3.81. The molecular formula is C12H12F2N4. The Bertz CT molecular complexity index is 549. The third kappa shape index (κ3) is 2.71. The number of halogens is 2. The van der Waals surface area contributed by atoms with Crippen molar-refractivity contribution in [1.82, 2.24) is 9.97 Å². The van der Waals surface area contributed by atoms with Crippen LogP contribution in [0.3, 0.4) is 0 Å². The van der Waals surface area contributed by atoms with Crippen LogP contribution in [0.5, 0.6) is 0 Å². The summed E-state index contributed by atoms with van der Waals surface area (Å²) in [7, 11) is 0. The van der Waals surface area contributed by atoms with Gasteiger partial charge in [-0.25, -0.2) is 18.7 Å². The van der Waals surface area contributed by atoms with E-state index in [0.717, 1.165) is 12.1 Å². The molecule has 0 saturated heterocycles. The highest BCUT2D eigenvalue weighted by molar-refractivity contribution is 5.54. The number of nitrogens with one attached hydrogen (secondary N) is 1. The summed E-state index contributed by atoms with van der Waals surface area (Å²) in [6, 6.07) is 3.81. The fourth-order valence-corrected chi connectivity index (χ4v) is 1.54. The van der Waals surface area contributed by atoms with Crippen LogP contribution in [0.4, 0.5) is 20.2 Å². The van der Waals surface area contributed by atoms with Gasteiger partial charge in [-0.1, -0.05) is 0 Å². The Kier molecular flexibility index (Phi) is 3.36. The van der Waals surface area contributed by atoms with Gasteiger partial charge < -0.3 is 11.1 Å². The predicted octanol–water partition coefficient (Wildman–Crippen LogP) is 2.26. The number of aryl methyl sites for hydroxylation is 1. The van der Waals surface area contributed by atoms with Gasteiger partial charge in [-0.2, -0.15) is 0 Å². The Labute approximate surface area is 103 Å². The van der Waals surface area contributed by atoms with E-state index < -0.39 is 11.6 Å². The summed E-state index contributed by atoms with van der Waals surface area (Å²) in [5, 5.41) is 2.66. The summed E-state index contributed by atoms with van der Waals surface area (Å²) in [6.45, 7) is 1.95. The number of aromatic nitrogens is 2. The molecule has 0 aliphatic heterocycles. The number of rotatable bonds is 3. The van der Waals surface area contributed by atoms with Crippen LogP contribution >= 0.6 is 0 Å². The van der Waals surface area contributed by atoms with Crippen molar-refractivity contribution in [2.45, 2.75) is 13.5 Å². The number of hydrogen-bond donors (Lipinski definition) is 2. The van der Waals surface area contributed by atoms with Gasteiger partial charge in [0, 0.05) is 11.9 Å². The maximum Gasteiger partial charge on any atom is 0.151 e. The maximum atomic E-state index is 13.5. The Balaban J connectivity index is 2.16. The van der Waals surface area contributed by atoms with Crippen molar-refractivity contribution >= 4 is 11.4 Å². The van der Waals surface area contributed by atoms with Gasteiger partial charge in [0.2, 0.25) is 0 Å². The normalized spacial score (nSPS) is 10.4. The van der Waals surface area contributed by atoms with Crippen LogP contribution in [-0.4, -0.2) is 9.97 Å². The summed E-state index contributed by atoms with van der Waals surface area (Å²) < 4.78 is 27.0. The summed E-state index contributed by atoms with van der Waals surface area (Å²) in [4.78, 5) is 8.06. The number of nitrogen functional groups attached to an aromatic ring is 1. The topological polar surface area (TPSA) is 63.8 Å². The van der Waals surface area contributed by atoms with Gasteiger partial charge in [-0.15, -0.1) is 0 Å². The Hall–Kier alpha value is -2.24. The molecule has 4 nitrogen and oxygen atoms in total. The monoisotopic (exact) mass is 250 g/mol. The lowest BCUT2D eigenvalue weighted by molar-refractivity contribution is 0.589. The number of nitrogens with two attached hydrogens (primary N) is 1. The molecule has 0 aliphatic rings. The molecule has 0 saturated carbocycles. The molecule has 2 aromatic rings. The molecule has 1 aromatic carbocycles. The van der Waals surface area contributed by atoms with Crippen molar-refractivity contribution in [1.29, 1.82) is 0 Å². The van der Waals surface area contributed by atoms with E-state index >= 15 is 0 Å². The highest BCUT2D eigenvalue weighted by Crippen LogP contribution is 2.22. The van der Waals surface area contributed by atoms with E-state index in [1.807, 2.05) is 0 Å². The molecule has 6 heteroatoms. The minimum absolute atomic E-state index is 0.0495. The molecule has 1 heterocycles. The average Bonchev–Trinajstić information content (AvgIpc) is 2.27. The number of nitrogens with zero attached hydrogens (tertiary/aromatic N) is 2. The first-order valence-corrected chi connectivity index (χ1v) is 5.33. The molecule has 94 valence electrons. The second kappa shape index (κ2) is 4.95. The van der Waals surface area contributed by atoms with Crippen LogP contribution in [0.25, 0.3) is 0 Å². The zero-order chi connectivity index (χ0) is 13.1. The van der Waals surface area contributed by atoms with E-state index in [1.165, 1.54) is 0 Å². The van der Waals surface area contributed by atoms with E-state index in [1.54, 1.807) is 19.2 Å². The maximum absolute atomic E-state index is 13.5. The molecule has 0 aliphatic carbocycles. The number of benzene rings is 1. The fraction of sp³-hybridized carbons (Fsp3) is 0.167. The third-order valence-corrected chi connectivity index (χ3v) is 2.34. The van der Waals surface area contributed by atoms with E-state index in [-0.39, 0.29) is 17.9 Å². The van der Waals surface area contributed by atoms with Gasteiger partial charge in [0.05, 0.1) is 12.2 Å². The largest absolute Gasteiger partial charge is 0.399 e. The lowest BCUT2D eigenvalue weighted by Crippen LogP contribution is -2.07. The molecule has 0 unspecified atom stereocenters. The molecule has 0 spiro atoms. The van der Waals surface area contributed by atoms with Crippen LogP contribution in [0.15, 0.2) is 24.4 Å². The van der Waals surface area contributed by atoms with Crippen molar-refractivity contribution in [3.8, 4) is 0 Å². The summed E-state index contributed by atoms with van der Waals surface area (Å²) >= 11 is 0. The molecule has 0 amide bonds. The van der Waals surface area contributed by atoms with Crippen LogP contribution < -0.4 is 11.1 Å². The van der Waals surface area contributed by atoms with Crippen LogP contribution in [0.2, 0.25) is 0 Å². The number of anilines is 2. The summed E-state index contributed by atoms with van der Waals surface area (Å²) in [5.74, 6) is -0.843. The van der Waals surface area contributed by atoms with Gasteiger partial charge in [-0.3, -0.25) is 0 Å². The van der Waals surface area contributed by atoms with Crippen LogP contribution in [0.1, 0.15) is 11.5 Å². The second-order valence-electron chi connectivity index (χ2n) is 3.81. The van der Waals surface area contributed by atoms with Gasteiger partial charge in [0.1, 0.15) is 11.5 Å². The zero-order valence-electron chi connectivity index (χ0n) is 9.74. The van der Waals surface area contributed by atoms with Gasteiger partial charge >= 0.3 is 0 Å². The summed E-state index contributed by atoms with van der Waals surface area (Å²) in [6.07, 6.45) is 1.59. The van der Waals surface area contributed by atoms with Crippen molar-refractivity contribution < 1.29 is 8.78 Å². The molecular weight excluding hydrogens is 238 g/mol. The Morgan fingerprint density at radius 1 is 1.28 bits per heavy atom. The van der Waals surface area contributed by atoms with Crippen molar-refractivity contribution in [2.24, 2.45) is 0 Å². The highest BCUT2D eigenvalue weighted by atomic mass is 19.1. The van der Waals surface area contributed by atoms with E-state index in [2.05, 4.69) is 15.3 Å². The first-order valence-electron chi connectivity index (χ1n) is 5.33. The molecule has 3 N–H and O–H groups in total. The van der Waals surface area contributed by atoms with E-state index in [4.69, 9.17) is 5.73 Å². The lowest BCUT2D eigenvalue weighted by Gasteiger charge is -2.09. The summed E-state index contributed by atoms with van der Waals surface area (Å²) in [5.41, 5.74) is 5.82. The van der Waals surface area contributed by atoms with Gasteiger partial charge in [0.15, 0.2) is 11.6 Å². The molecule has 1 aromatic heterocycles. The quantitative estimate of drug-likeness (QED) is 0.820. The van der Waals surface area contributed by atoms with Crippen molar-refractivity contribution in [3.05, 3.63) is 47.5 Å². The van der Waals surface area contributed by atoms with Gasteiger partial charge in [0.25, 0.3) is 0 Å². The molecule has 2 rings (SSSR count). The minimum atomic E-state index is -0.724. The number of hydrogen-bond acceptors (Lipinski definition) is 4. The Morgan fingerprint density at radius 2 is 1.94 bits per heavy atom. The fourth-order valence-electron chi connectivity index (χ4n) is 1.54. The molecule has 0 radical (unpaired) electrons. The highest BCUT2D eigenvalue weighted by Gasteiger charge is 2.10. The molecule has 0 bridgehead atoms. The smallest absolute Gasteiger partial charge is 0.151 e. The first-order chi connectivity index (χ1) is 8.56. The zero-order valence-corrected chi connectivity index (χ0v) is 9.74.